The highest BCUT2D eigenvalue weighted by molar-refractivity contribution is 5.82. The van der Waals surface area contributed by atoms with Crippen LogP contribution in [0, 0.1) is 0 Å². The minimum Gasteiger partial charge on any atom is -0.480 e. The van der Waals surface area contributed by atoms with E-state index in [1.807, 2.05) is 7.05 Å². The van der Waals surface area contributed by atoms with Gasteiger partial charge in [0, 0.05) is 32.2 Å². The predicted molar refractivity (Wildman–Crippen MR) is 72.2 cm³/mol. The summed E-state index contributed by atoms with van der Waals surface area (Å²) in [6.45, 7) is 5.13. The van der Waals surface area contributed by atoms with Gasteiger partial charge in [-0.25, -0.2) is 9.59 Å². The average molecular weight is 272 g/mol. The maximum Gasteiger partial charge on any atom is 0.326 e. The molecule has 1 unspecified atom stereocenters. The normalized spacial score (nSPS) is 22.8. The highest BCUT2D eigenvalue weighted by Gasteiger charge is 2.23. The molecule has 0 bridgehead atoms. The molecule has 2 atom stereocenters. The smallest absolute Gasteiger partial charge is 0.326 e. The molecular weight excluding hydrogens is 248 g/mol. The van der Waals surface area contributed by atoms with Gasteiger partial charge in [0.15, 0.2) is 0 Å². The fraction of sp³-hybridized carbons (Fsp3) is 0.833. The number of carbonyl (C=O) groups is 2. The third kappa shape index (κ3) is 5.04. The zero-order chi connectivity index (χ0) is 14.4. The zero-order valence-electron chi connectivity index (χ0n) is 11.8. The molecule has 1 heterocycles. The van der Waals surface area contributed by atoms with E-state index in [1.54, 1.807) is 6.92 Å². The number of urea groups is 1. The topological polar surface area (TPSA) is 84.9 Å². The summed E-state index contributed by atoms with van der Waals surface area (Å²) in [5, 5.41) is 14.0. The van der Waals surface area contributed by atoms with E-state index in [1.165, 1.54) is 0 Å². The average Bonchev–Trinajstić information content (AvgIpc) is 2.36. The van der Waals surface area contributed by atoms with Gasteiger partial charge in [0.2, 0.25) is 0 Å². The number of carboxylic acids is 1. The number of carboxylic acid groups (broad SMARTS) is 1. The van der Waals surface area contributed by atoms with Gasteiger partial charge in [0.1, 0.15) is 6.04 Å². The van der Waals surface area contributed by atoms with Crippen LogP contribution in [0.1, 0.15) is 13.3 Å². The molecule has 2 amide bonds. The highest BCUT2D eigenvalue weighted by Crippen LogP contribution is 2.04. The fourth-order valence-electron chi connectivity index (χ4n) is 2.08. The zero-order valence-corrected chi connectivity index (χ0v) is 11.8. The molecule has 1 saturated heterocycles. The lowest BCUT2D eigenvalue weighted by molar-refractivity contribution is -0.139. The number of rotatable bonds is 5. The van der Waals surface area contributed by atoms with Crippen LogP contribution in [0.3, 0.4) is 0 Å². The molecule has 0 saturated carbocycles. The Morgan fingerprint density at radius 2 is 2.05 bits per heavy atom. The molecule has 110 valence electrons. The van der Waals surface area contributed by atoms with Crippen LogP contribution < -0.4 is 10.6 Å². The van der Waals surface area contributed by atoms with Crippen molar-refractivity contribution in [1.82, 2.24) is 20.4 Å². The molecule has 0 radical (unpaired) electrons. The number of aliphatic carboxylic acids is 1. The molecule has 1 aliphatic heterocycles. The van der Waals surface area contributed by atoms with E-state index >= 15 is 0 Å². The van der Waals surface area contributed by atoms with Gasteiger partial charge in [-0.15, -0.1) is 0 Å². The Labute approximate surface area is 113 Å². The molecular formula is C12H24N4O3. The number of hydrogen-bond acceptors (Lipinski definition) is 4. The largest absolute Gasteiger partial charge is 0.480 e. The van der Waals surface area contributed by atoms with Crippen LogP contribution in [0.4, 0.5) is 4.79 Å². The second-order valence-corrected chi connectivity index (χ2v) is 5.05. The third-order valence-corrected chi connectivity index (χ3v) is 3.49. The summed E-state index contributed by atoms with van der Waals surface area (Å²) in [6.07, 6.45) is 0.370. The number of piperazine rings is 1. The maximum atomic E-state index is 11.6. The monoisotopic (exact) mass is 272 g/mol. The van der Waals surface area contributed by atoms with E-state index < -0.39 is 18.0 Å². The Hall–Kier alpha value is -1.34. The summed E-state index contributed by atoms with van der Waals surface area (Å²) in [7, 11) is 4.08. The summed E-state index contributed by atoms with van der Waals surface area (Å²) in [5.41, 5.74) is 0. The molecule has 0 aromatic heterocycles. The Kier molecular flexibility index (Phi) is 6.04. The molecule has 3 N–H and O–H groups in total. The molecule has 7 nitrogen and oxygen atoms in total. The van der Waals surface area contributed by atoms with Crippen LogP contribution in [-0.4, -0.2) is 79.3 Å². The van der Waals surface area contributed by atoms with Crippen molar-refractivity contribution in [2.24, 2.45) is 0 Å². The summed E-state index contributed by atoms with van der Waals surface area (Å²) in [4.78, 5) is 26.9. The molecule has 0 aromatic rings. The van der Waals surface area contributed by atoms with Crippen LogP contribution in [0.25, 0.3) is 0 Å². The first-order valence-electron chi connectivity index (χ1n) is 6.60. The van der Waals surface area contributed by atoms with E-state index in [-0.39, 0.29) is 6.04 Å². The summed E-state index contributed by atoms with van der Waals surface area (Å²) in [5.74, 6) is -1.01. The van der Waals surface area contributed by atoms with Crippen molar-refractivity contribution in [1.29, 1.82) is 0 Å². The van der Waals surface area contributed by atoms with E-state index in [4.69, 9.17) is 5.11 Å². The van der Waals surface area contributed by atoms with Crippen LogP contribution in [0.2, 0.25) is 0 Å². The van der Waals surface area contributed by atoms with Crippen molar-refractivity contribution < 1.29 is 14.7 Å². The van der Waals surface area contributed by atoms with Crippen molar-refractivity contribution in [3.05, 3.63) is 0 Å². The lowest BCUT2D eigenvalue weighted by Crippen LogP contribution is -2.56. The van der Waals surface area contributed by atoms with E-state index in [9.17, 15) is 9.59 Å². The first-order valence-corrected chi connectivity index (χ1v) is 6.60. The molecule has 1 aliphatic rings. The maximum absolute atomic E-state index is 11.6. The van der Waals surface area contributed by atoms with Gasteiger partial charge in [0.25, 0.3) is 0 Å². The van der Waals surface area contributed by atoms with Crippen molar-refractivity contribution >= 4 is 12.0 Å². The quantitative estimate of drug-likeness (QED) is 0.622. The molecule has 1 fully saturated rings. The van der Waals surface area contributed by atoms with Crippen molar-refractivity contribution in [3.8, 4) is 0 Å². The van der Waals surface area contributed by atoms with Gasteiger partial charge in [0.05, 0.1) is 0 Å². The van der Waals surface area contributed by atoms with Gasteiger partial charge < -0.3 is 20.6 Å². The number of nitrogens with one attached hydrogen (secondary N) is 2. The first kappa shape index (κ1) is 15.7. The molecule has 7 heteroatoms. The Morgan fingerprint density at radius 1 is 1.37 bits per heavy atom. The lowest BCUT2D eigenvalue weighted by Gasteiger charge is -2.37. The number of carbonyl (C=O) groups excluding carboxylic acids is 1. The van der Waals surface area contributed by atoms with Gasteiger partial charge in [-0.2, -0.15) is 0 Å². The van der Waals surface area contributed by atoms with Gasteiger partial charge >= 0.3 is 12.0 Å². The molecule has 1 rings (SSSR count). The van der Waals surface area contributed by atoms with Crippen molar-refractivity contribution in [2.75, 3.05) is 40.3 Å². The molecule has 19 heavy (non-hydrogen) atoms. The number of nitrogens with zero attached hydrogens (tertiary/aromatic N) is 2. The van der Waals surface area contributed by atoms with Crippen LogP contribution in [0.5, 0.6) is 0 Å². The van der Waals surface area contributed by atoms with Gasteiger partial charge in [-0.05, 0) is 20.5 Å². The Bertz CT molecular complexity index is 324. The number of amides is 2. The predicted octanol–water partition coefficient (Wildman–Crippen LogP) is -0.605. The standard InChI is InChI=1S/C12H24N4O3/c1-4-10(11(17)18)14-12(19)13-7-9-8-15(2)5-6-16(9)3/h9-10H,4-8H2,1-3H3,(H,17,18)(H2,13,14,19)/t9?,10-/m0/s1. The Morgan fingerprint density at radius 3 is 2.63 bits per heavy atom. The van der Waals surface area contributed by atoms with Crippen LogP contribution in [-0.2, 0) is 4.79 Å². The minimum atomic E-state index is -1.01. The van der Waals surface area contributed by atoms with Gasteiger partial charge in [-0.1, -0.05) is 6.92 Å². The SMILES string of the molecule is CC[C@H](NC(=O)NCC1CN(C)CCN1C)C(=O)O. The fourth-order valence-corrected chi connectivity index (χ4v) is 2.08. The molecule has 0 spiro atoms. The number of likely N-dealkylation sites (N-methyl/N-ethyl adjacent to an activating group) is 2. The van der Waals surface area contributed by atoms with E-state index in [0.29, 0.717) is 13.0 Å². The lowest BCUT2D eigenvalue weighted by atomic mass is 10.2. The number of hydrogen-bond donors (Lipinski definition) is 3. The van der Waals surface area contributed by atoms with Crippen LogP contribution >= 0.6 is 0 Å². The summed E-state index contributed by atoms with van der Waals surface area (Å²) < 4.78 is 0. The molecule has 0 aromatic carbocycles. The van der Waals surface area contributed by atoms with Crippen molar-refractivity contribution in [3.63, 3.8) is 0 Å². The highest BCUT2D eigenvalue weighted by atomic mass is 16.4. The minimum absolute atomic E-state index is 0.259. The summed E-state index contributed by atoms with van der Waals surface area (Å²) >= 11 is 0. The second-order valence-electron chi connectivity index (χ2n) is 5.05. The molecule has 0 aliphatic carbocycles. The Balaban J connectivity index is 2.34. The van der Waals surface area contributed by atoms with Crippen molar-refractivity contribution in [2.45, 2.75) is 25.4 Å². The van der Waals surface area contributed by atoms with Crippen LogP contribution in [0.15, 0.2) is 0 Å². The van der Waals surface area contributed by atoms with E-state index in [2.05, 4.69) is 27.5 Å². The summed E-state index contributed by atoms with van der Waals surface area (Å²) in [6, 6.07) is -0.989. The second kappa shape index (κ2) is 7.30. The first-order chi connectivity index (χ1) is 8.93. The third-order valence-electron chi connectivity index (χ3n) is 3.49. The van der Waals surface area contributed by atoms with Gasteiger partial charge in [-0.3, -0.25) is 4.90 Å². The van der Waals surface area contributed by atoms with E-state index in [0.717, 1.165) is 19.6 Å².